The molecule has 0 spiro atoms. The predicted molar refractivity (Wildman–Crippen MR) is 66.3 cm³/mol. The largest absolute Gasteiger partial charge is 1.00 e. The van der Waals surface area contributed by atoms with Gasteiger partial charge in [-0.3, -0.25) is 9.58 Å². The number of hydrogen-bond acceptors (Lipinski definition) is 6. The maximum atomic E-state index is 10.5. The Bertz CT molecular complexity index is 462. The van der Waals surface area contributed by atoms with Crippen molar-refractivity contribution in [3.63, 3.8) is 0 Å². The number of aliphatic carboxylic acids is 1. The molecule has 9 heteroatoms. The topological polar surface area (TPSA) is 125 Å². The van der Waals surface area contributed by atoms with Gasteiger partial charge in [-0.15, -0.1) is 0 Å². The Hall–Kier alpha value is -0.554. The van der Waals surface area contributed by atoms with Crippen molar-refractivity contribution in [3.05, 3.63) is 24.0 Å². The van der Waals surface area contributed by atoms with E-state index in [2.05, 4.69) is 10.4 Å². The fraction of sp³-hybridized carbons (Fsp3) is 0.417. The van der Waals surface area contributed by atoms with Gasteiger partial charge in [0.25, 0.3) is 0 Å². The average Bonchev–Trinajstić information content (AvgIpc) is 2.27. The van der Waals surface area contributed by atoms with E-state index < -0.39 is 11.9 Å². The normalized spacial score (nSPS) is 9.86. The van der Waals surface area contributed by atoms with Crippen molar-refractivity contribution in [1.82, 2.24) is 10.4 Å². The zero-order valence-corrected chi connectivity index (χ0v) is 15.7. The van der Waals surface area contributed by atoms with E-state index in [-0.39, 0.29) is 69.1 Å². The van der Waals surface area contributed by atoms with Gasteiger partial charge in [-0.2, -0.15) is 5.43 Å². The standard InChI is InChI=1S/C6H14N2O2.C6H5NO3.K/c1-8(2,3)7-5-4-6(9)10;8-5-1-4(6(9)10)2-7-3-5;/h7H,4-5H2,1-3H3;1-3,8H,(H,9,10);/q;;+1/p-1. The van der Waals surface area contributed by atoms with Crippen LogP contribution in [0.15, 0.2) is 18.5 Å². The van der Waals surface area contributed by atoms with Crippen molar-refractivity contribution in [1.29, 1.82) is 0 Å². The van der Waals surface area contributed by atoms with Crippen molar-refractivity contribution in [3.8, 4) is 5.75 Å². The molecule has 0 aliphatic rings. The number of nitrogens with zero attached hydrogens (tertiary/aromatic N) is 2. The average molecular weight is 323 g/mol. The molecular weight excluding hydrogens is 305 g/mol. The Morgan fingerprint density at radius 2 is 1.90 bits per heavy atom. The van der Waals surface area contributed by atoms with E-state index in [1.54, 1.807) is 0 Å². The molecule has 0 saturated carbocycles. The summed E-state index contributed by atoms with van der Waals surface area (Å²) in [5, 5.41) is 28.7. The molecule has 0 saturated heterocycles. The third-order valence-corrected chi connectivity index (χ3v) is 1.88. The SMILES string of the molecule is C[N+](C)(C)NCCC(=O)[O-].O=C(O)c1cncc([O-])c1.[K+]. The minimum Gasteiger partial charge on any atom is -0.871 e. The first-order chi connectivity index (χ1) is 9.11. The van der Waals surface area contributed by atoms with Gasteiger partial charge in [-0.1, -0.05) is 11.8 Å². The molecule has 0 aliphatic heterocycles. The Labute approximate surface area is 165 Å². The number of quaternary nitrogens is 1. The monoisotopic (exact) mass is 323 g/mol. The van der Waals surface area contributed by atoms with Crippen LogP contribution in [0.2, 0.25) is 0 Å². The second kappa shape index (κ2) is 11.1. The molecule has 8 nitrogen and oxygen atoms in total. The fourth-order valence-corrected chi connectivity index (χ4v) is 1.03. The van der Waals surface area contributed by atoms with Crippen molar-refractivity contribution in [2.24, 2.45) is 0 Å². The Balaban J connectivity index is 0. The van der Waals surface area contributed by atoms with Crippen LogP contribution in [0.5, 0.6) is 5.75 Å². The molecule has 1 heterocycles. The molecule has 0 aliphatic carbocycles. The molecule has 0 amide bonds. The summed E-state index contributed by atoms with van der Waals surface area (Å²) in [6, 6.07) is 1.02. The number of hydrogen-bond donors (Lipinski definition) is 2. The molecule has 0 aromatic carbocycles. The molecule has 0 fully saturated rings. The number of aromatic nitrogens is 1. The number of carboxylic acid groups (broad SMARTS) is 2. The van der Waals surface area contributed by atoms with Crippen molar-refractivity contribution in [2.45, 2.75) is 6.42 Å². The number of carboxylic acids is 2. The number of aromatic carboxylic acids is 1. The van der Waals surface area contributed by atoms with E-state index in [0.717, 1.165) is 18.5 Å². The fourth-order valence-electron chi connectivity index (χ4n) is 1.03. The van der Waals surface area contributed by atoms with E-state index in [1.807, 2.05) is 21.1 Å². The summed E-state index contributed by atoms with van der Waals surface area (Å²) in [4.78, 5) is 23.5. The van der Waals surface area contributed by atoms with Gasteiger partial charge in [0.1, 0.15) is 0 Å². The van der Waals surface area contributed by atoms with Crippen LogP contribution in [-0.2, 0) is 4.79 Å². The second-order valence-electron chi connectivity index (χ2n) is 4.76. The third-order valence-electron chi connectivity index (χ3n) is 1.88. The molecule has 0 bridgehead atoms. The summed E-state index contributed by atoms with van der Waals surface area (Å²) in [6.45, 7) is 0.450. The van der Waals surface area contributed by atoms with E-state index in [0.29, 0.717) is 11.1 Å². The third kappa shape index (κ3) is 14.2. The van der Waals surface area contributed by atoms with Crippen LogP contribution in [0, 0.1) is 0 Å². The van der Waals surface area contributed by atoms with Gasteiger partial charge in [-0.25, -0.2) is 4.79 Å². The molecule has 112 valence electrons. The van der Waals surface area contributed by atoms with Gasteiger partial charge >= 0.3 is 57.4 Å². The van der Waals surface area contributed by atoms with E-state index >= 15 is 0 Å². The molecule has 1 aromatic heterocycles. The van der Waals surface area contributed by atoms with Gasteiger partial charge in [0.15, 0.2) is 0 Å². The predicted octanol–water partition coefficient (Wildman–Crippen LogP) is -4.81. The maximum Gasteiger partial charge on any atom is 1.00 e. The molecule has 0 unspecified atom stereocenters. The van der Waals surface area contributed by atoms with Crippen molar-refractivity contribution >= 4 is 11.9 Å². The Morgan fingerprint density at radius 1 is 1.33 bits per heavy atom. The second-order valence-corrected chi connectivity index (χ2v) is 4.76. The summed E-state index contributed by atoms with van der Waals surface area (Å²) in [6.07, 6.45) is 2.26. The zero-order chi connectivity index (χ0) is 15.8. The quantitative estimate of drug-likeness (QED) is 0.316. The van der Waals surface area contributed by atoms with Crippen LogP contribution in [0.1, 0.15) is 16.8 Å². The number of carbonyl (C=O) groups is 2. The Morgan fingerprint density at radius 3 is 2.24 bits per heavy atom. The molecule has 0 atom stereocenters. The zero-order valence-electron chi connectivity index (χ0n) is 12.6. The molecule has 2 N–H and O–H groups in total. The van der Waals surface area contributed by atoms with Gasteiger partial charge in [0, 0.05) is 31.3 Å². The summed E-state index contributed by atoms with van der Waals surface area (Å²) < 4.78 is 0.563. The number of pyridine rings is 1. The summed E-state index contributed by atoms with van der Waals surface area (Å²) in [7, 11) is 5.78. The first-order valence-electron chi connectivity index (χ1n) is 5.73. The smallest absolute Gasteiger partial charge is 0.871 e. The molecular formula is C12H18KN3O5. The molecule has 21 heavy (non-hydrogen) atoms. The van der Waals surface area contributed by atoms with Crippen LogP contribution in [0.3, 0.4) is 0 Å². The van der Waals surface area contributed by atoms with E-state index in [1.165, 1.54) is 0 Å². The van der Waals surface area contributed by atoms with E-state index in [9.17, 15) is 19.8 Å². The minimum absolute atomic E-state index is 0. The Kier molecular flexibility index (Phi) is 12.0. The van der Waals surface area contributed by atoms with Crippen LogP contribution < -0.4 is 67.0 Å². The van der Waals surface area contributed by atoms with Crippen LogP contribution in [0.4, 0.5) is 0 Å². The van der Waals surface area contributed by atoms with Crippen molar-refractivity contribution < 1.29 is 80.9 Å². The van der Waals surface area contributed by atoms with Gasteiger partial charge in [-0.05, 0) is 0 Å². The van der Waals surface area contributed by atoms with E-state index in [4.69, 9.17) is 5.11 Å². The number of carbonyl (C=O) groups excluding carboxylic acids is 1. The number of nitrogens with one attached hydrogen (secondary N) is 1. The first-order valence-corrected chi connectivity index (χ1v) is 5.73. The van der Waals surface area contributed by atoms with Gasteiger partial charge in [0.2, 0.25) is 0 Å². The maximum absolute atomic E-state index is 10.5. The minimum atomic E-state index is -1.13. The van der Waals surface area contributed by atoms with Crippen LogP contribution in [-0.4, -0.2) is 54.3 Å². The summed E-state index contributed by atoms with van der Waals surface area (Å²) in [5.41, 5.74) is 2.89. The number of rotatable bonds is 5. The van der Waals surface area contributed by atoms with Crippen LogP contribution >= 0.6 is 0 Å². The van der Waals surface area contributed by atoms with Crippen LogP contribution in [0.25, 0.3) is 0 Å². The van der Waals surface area contributed by atoms with Crippen molar-refractivity contribution in [2.75, 3.05) is 27.7 Å². The molecule has 1 rings (SSSR count). The molecule has 0 radical (unpaired) electrons. The summed E-state index contributed by atoms with van der Waals surface area (Å²) >= 11 is 0. The van der Waals surface area contributed by atoms with Gasteiger partial charge < -0.3 is 20.1 Å². The molecule has 1 aromatic rings. The first kappa shape index (κ1) is 22.7. The van der Waals surface area contributed by atoms with Gasteiger partial charge in [0.05, 0.1) is 26.7 Å². The summed E-state index contributed by atoms with van der Waals surface area (Å²) in [5.74, 6) is -2.54.